The van der Waals surface area contributed by atoms with Gasteiger partial charge in [-0.25, -0.2) is 0 Å². The van der Waals surface area contributed by atoms with Crippen LogP contribution >= 0.6 is 0 Å². The molecular formula is C11H12N2O2. The molecule has 1 aliphatic rings. The predicted octanol–water partition coefficient (Wildman–Crippen LogP) is 0.883. The topological polar surface area (TPSA) is 63.4 Å². The summed E-state index contributed by atoms with van der Waals surface area (Å²) in [5.74, 6) is -0.224. The third-order valence-corrected chi connectivity index (χ3v) is 2.46. The molecule has 4 heteroatoms. The second-order valence-corrected chi connectivity index (χ2v) is 3.76. The fraction of sp³-hybridized carbons (Fsp3) is 0.273. The van der Waals surface area contributed by atoms with Gasteiger partial charge in [0.15, 0.2) is 5.78 Å². The van der Waals surface area contributed by atoms with Crippen molar-refractivity contribution in [1.82, 2.24) is 0 Å². The van der Waals surface area contributed by atoms with Crippen LogP contribution in [0.3, 0.4) is 0 Å². The number of carbonyl (C=O) groups is 2. The van der Waals surface area contributed by atoms with Gasteiger partial charge in [0.05, 0.1) is 24.3 Å². The van der Waals surface area contributed by atoms with Gasteiger partial charge in [0.2, 0.25) is 5.91 Å². The lowest BCUT2D eigenvalue weighted by atomic mass is 10.2. The van der Waals surface area contributed by atoms with Crippen molar-refractivity contribution in [3.8, 4) is 0 Å². The van der Waals surface area contributed by atoms with Crippen LogP contribution in [0.1, 0.15) is 12.0 Å². The Bertz CT molecular complexity index is 440. The third-order valence-electron chi connectivity index (χ3n) is 2.46. The van der Waals surface area contributed by atoms with Crippen molar-refractivity contribution >= 4 is 23.1 Å². The van der Waals surface area contributed by atoms with Crippen LogP contribution in [0.2, 0.25) is 0 Å². The lowest BCUT2D eigenvalue weighted by molar-refractivity contribution is -0.121. The molecule has 0 radical (unpaired) electrons. The molecule has 1 saturated heterocycles. The Hall–Kier alpha value is -1.84. The van der Waals surface area contributed by atoms with E-state index in [2.05, 4.69) is 0 Å². The van der Waals surface area contributed by atoms with Crippen LogP contribution in [0.4, 0.5) is 11.4 Å². The van der Waals surface area contributed by atoms with Crippen LogP contribution in [0.15, 0.2) is 18.2 Å². The SMILES string of the molecule is Cc1ccc(N)c(N2CC(=O)CC2=O)c1. The highest BCUT2D eigenvalue weighted by atomic mass is 16.2. The Morgan fingerprint density at radius 1 is 1.33 bits per heavy atom. The molecule has 0 unspecified atom stereocenters. The number of hydrogen-bond donors (Lipinski definition) is 1. The van der Waals surface area contributed by atoms with E-state index >= 15 is 0 Å². The molecule has 0 atom stereocenters. The first kappa shape index (κ1) is 9.71. The monoisotopic (exact) mass is 204 g/mol. The van der Waals surface area contributed by atoms with E-state index < -0.39 is 0 Å². The molecule has 1 aliphatic heterocycles. The summed E-state index contributed by atoms with van der Waals surface area (Å²) in [6, 6.07) is 5.45. The number of amides is 1. The zero-order chi connectivity index (χ0) is 11.0. The first-order valence-electron chi connectivity index (χ1n) is 4.76. The smallest absolute Gasteiger partial charge is 0.234 e. The fourth-order valence-corrected chi connectivity index (χ4v) is 1.69. The summed E-state index contributed by atoms with van der Waals surface area (Å²) in [5.41, 5.74) is 7.97. The molecule has 1 aromatic rings. The molecule has 0 bridgehead atoms. The third kappa shape index (κ3) is 1.70. The summed E-state index contributed by atoms with van der Waals surface area (Å²) >= 11 is 0. The number of nitrogens with zero attached hydrogens (tertiary/aromatic N) is 1. The highest BCUT2D eigenvalue weighted by molar-refractivity contribution is 6.16. The van der Waals surface area contributed by atoms with E-state index in [1.54, 1.807) is 6.07 Å². The lowest BCUT2D eigenvalue weighted by Crippen LogP contribution is -2.25. The Morgan fingerprint density at radius 3 is 2.67 bits per heavy atom. The van der Waals surface area contributed by atoms with Gasteiger partial charge >= 0.3 is 0 Å². The van der Waals surface area contributed by atoms with Crippen molar-refractivity contribution in [2.75, 3.05) is 17.2 Å². The van der Waals surface area contributed by atoms with Gasteiger partial charge in [-0.15, -0.1) is 0 Å². The zero-order valence-electron chi connectivity index (χ0n) is 8.49. The summed E-state index contributed by atoms with van der Waals surface area (Å²) in [4.78, 5) is 24.1. The molecule has 2 N–H and O–H groups in total. The molecule has 15 heavy (non-hydrogen) atoms. The number of nitrogens with two attached hydrogens (primary N) is 1. The van der Waals surface area contributed by atoms with E-state index in [1.807, 2.05) is 19.1 Å². The normalized spacial score (nSPS) is 16.2. The van der Waals surface area contributed by atoms with Gasteiger partial charge < -0.3 is 10.6 Å². The van der Waals surface area contributed by atoms with Crippen LogP contribution in [0.5, 0.6) is 0 Å². The van der Waals surface area contributed by atoms with Crippen molar-refractivity contribution in [2.45, 2.75) is 13.3 Å². The van der Waals surface area contributed by atoms with Crippen LogP contribution in [-0.2, 0) is 9.59 Å². The van der Waals surface area contributed by atoms with Crippen LogP contribution in [0, 0.1) is 6.92 Å². The van der Waals surface area contributed by atoms with Crippen molar-refractivity contribution in [1.29, 1.82) is 0 Å². The van der Waals surface area contributed by atoms with Gasteiger partial charge in [-0.2, -0.15) is 0 Å². The van der Waals surface area contributed by atoms with Crippen molar-refractivity contribution in [2.24, 2.45) is 0 Å². The van der Waals surface area contributed by atoms with Crippen LogP contribution in [-0.4, -0.2) is 18.2 Å². The Morgan fingerprint density at radius 2 is 2.07 bits per heavy atom. The molecule has 0 spiro atoms. The maximum Gasteiger partial charge on any atom is 0.234 e. The number of anilines is 2. The maximum atomic E-state index is 11.5. The minimum Gasteiger partial charge on any atom is -0.397 e. The molecule has 1 amide bonds. The van der Waals surface area contributed by atoms with E-state index in [0.717, 1.165) is 5.56 Å². The fourth-order valence-electron chi connectivity index (χ4n) is 1.69. The number of aryl methyl sites for hydroxylation is 1. The van der Waals surface area contributed by atoms with E-state index in [0.29, 0.717) is 11.4 Å². The average Bonchev–Trinajstić information content (AvgIpc) is 2.50. The van der Waals surface area contributed by atoms with Gasteiger partial charge in [-0.3, -0.25) is 9.59 Å². The number of rotatable bonds is 1. The van der Waals surface area contributed by atoms with E-state index in [9.17, 15) is 9.59 Å². The number of Topliss-reactive ketones (excluding diaryl/α,β-unsaturated/α-hetero) is 1. The van der Waals surface area contributed by atoms with Gasteiger partial charge in [-0.05, 0) is 24.6 Å². The Kier molecular flexibility index (Phi) is 2.19. The highest BCUT2D eigenvalue weighted by Gasteiger charge is 2.29. The Balaban J connectivity index is 2.41. The van der Waals surface area contributed by atoms with Crippen molar-refractivity contribution < 1.29 is 9.59 Å². The van der Waals surface area contributed by atoms with Crippen molar-refractivity contribution in [3.05, 3.63) is 23.8 Å². The number of carbonyl (C=O) groups excluding carboxylic acids is 2. The minimum absolute atomic E-state index is 0.00657. The Labute approximate surface area is 87.7 Å². The van der Waals surface area contributed by atoms with Gasteiger partial charge in [0.1, 0.15) is 0 Å². The van der Waals surface area contributed by atoms with Gasteiger partial charge in [-0.1, -0.05) is 6.07 Å². The second kappa shape index (κ2) is 3.38. The summed E-state index contributed by atoms with van der Waals surface area (Å²) < 4.78 is 0. The minimum atomic E-state index is -0.169. The summed E-state index contributed by atoms with van der Waals surface area (Å²) in [5, 5.41) is 0. The summed E-state index contributed by atoms with van der Waals surface area (Å²) in [6.45, 7) is 2.07. The lowest BCUT2D eigenvalue weighted by Gasteiger charge is -2.17. The molecule has 1 aromatic carbocycles. The van der Waals surface area contributed by atoms with Gasteiger partial charge in [0.25, 0.3) is 0 Å². The predicted molar refractivity (Wildman–Crippen MR) is 57.6 cm³/mol. The van der Waals surface area contributed by atoms with E-state index in [1.165, 1.54) is 4.90 Å². The molecule has 1 heterocycles. The molecular weight excluding hydrogens is 192 g/mol. The number of benzene rings is 1. The van der Waals surface area contributed by atoms with Crippen molar-refractivity contribution in [3.63, 3.8) is 0 Å². The quantitative estimate of drug-likeness (QED) is 0.545. The molecule has 78 valence electrons. The van der Waals surface area contributed by atoms with E-state index in [-0.39, 0.29) is 24.7 Å². The van der Waals surface area contributed by atoms with Crippen LogP contribution in [0.25, 0.3) is 0 Å². The highest BCUT2D eigenvalue weighted by Crippen LogP contribution is 2.27. The number of hydrogen-bond acceptors (Lipinski definition) is 3. The largest absolute Gasteiger partial charge is 0.397 e. The number of ketones is 1. The van der Waals surface area contributed by atoms with E-state index in [4.69, 9.17) is 5.73 Å². The first-order chi connectivity index (χ1) is 7.08. The molecule has 0 aromatic heterocycles. The average molecular weight is 204 g/mol. The standard InChI is InChI=1S/C11H12N2O2/c1-7-2-3-9(12)10(4-7)13-6-8(14)5-11(13)15/h2-4H,5-6,12H2,1H3. The maximum absolute atomic E-state index is 11.5. The zero-order valence-corrected chi connectivity index (χ0v) is 8.49. The molecule has 0 saturated carbocycles. The van der Waals surface area contributed by atoms with Gasteiger partial charge in [0, 0.05) is 0 Å². The van der Waals surface area contributed by atoms with Crippen LogP contribution < -0.4 is 10.6 Å². The molecule has 4 nitrogen and oxygen atoms in total. The summed E-state index contributed by atoms with van der Waals surface area (Å²) in [7, 11) is 0. The second-order valence-electron chi connectivity index (χ2n) is 3.76. The molecule has 1 fully saturated rings. The molecule has 2 rings (SSSR count). The number of nitrogen functional groups attached to an aromatic ring is 1. The first-order valence-corrected chi connectivity index (χ1v) is 4.76. The molecule has 0 aliphatic carbocycles. The summed E-state index contributed by atoms with van der Waals surface area (Å²) in [6.07, 6.45) is -0.00657.